The molecule has 0 bridgehead atoms. The molecule has 2 rings (SSSR count). The van der Waals surface area contributed by atoms with E-state index >= 15 is 0 Å². The lowest BCUT2D eigenvalue weighted by molar-refractivity contribution is -0.0514. The Hall–Kier alpha value is -1.52. The summed E-state index contributed by atoms with van der Waals surface area (Å²) in [5.74, 6) is 0.546. The van der Waals surface area contributed by atoms with Gasteiger partial charge in [-0.25, -0.2) is 4.39 Å². The molecule has 0 saturated carbocycles. The summed E-state index contributed by atoms with van der Waals surface area (Å²) in [4.78, 5) is 16.2. The molecular formula is C20H30FN3O4S. The van der Waals surface area contributed by atoms with Crippen LogP contribution in [-0.4, -0.2) is 50.5 Å². The van der Waals surface area contributed by atoms with Crippen molar-refractivity contribution in [3.63, 3.8) is 0 Å². The number of halogens is 1. The molecule has 0 aliphatic carbocycles. The van der Waals surface area contributed by atoms with E-state index in [1.165, 1.54) is 33.7 Å². The zero-order chi connectivity index (χ0) is 21.6. The van der Waals surface area contributed by atoms with E-state index in [-0.39, 0.29) is 17.3 Å². The topological polar surface area (TPSA) is 111 Å². The van der Waals surface area contributed by atoms with E-state index in [9.17, 15) is 19.4 Å². The fraction of sp³-hybridized carbons (Fsp3) is 0.600. The predicted molar refractivity (Wildman–Crippen MR) is 111 cm³/mol. The highest BCUT2D eigenvalue weighted by Crippen LogP contribution is 2.34. The first-order chi connectivity index (χ1) is 13.8. The van der Waals surface area contributed by atoms with Crippen LogP contribution in [0.4, 0.5) is 4.39 Å². The number of rotatable bonds is 9. The third kappa shape index (κ3) is 6.23. The molecule has 1 unspecified atom stereocenters. The van der Waals surface area contributed by atoms with Crippen molar-refractivity contribution in [2.75, 3.05) is 12.4 Å². The number of allylic oxidation sites excluding steroid dienone is 3. The SMILES string of the molecule is CC(C)=CCC/C(C)=C/CSc1nc(=O)c(CN)cn1[C@@H]1O[C@H](CO)C(O)[C@@H]1F. The van der Waals surface area contributed by atoms with Gasteiger partial charge in [0.05, 0.1) is 6.61 Å². The normalized spacial score (nSPS) is 24.7. The molecular weight excluding hydrogens is 397 g/mol. The minimum absolute atomic E-state index is 0.0458. The minimum Gasteiger partial charge on any atom is -0.394 e. The maximum Gasteiger partial charge on any atom is 0.278 e. The lowest BCUT2D eigenvalue weighted by atomic mass is 10.1. The van der Waals surface area contributed by atoms with E-state index in [0.717, 1.165) is 12.8 Å². The van der Waals surface area contributed by atoms with Gasteiger partial charge in [-0.1, -0.05) is 35.1 Å². The first-order valence-corrected chi connectivity index (χ1v) is 10.6. The first kappa shape index (κ1) is 23.8. The largest absolute Gasteiger partial charge is 0.394 e. The maximum absolute atomic E-state index is 14.6. The van der Waals surface area contributed by atoms with E-state index in [4.69, 9.17) is 10.5 Å². The smallest absolute Gasteiger partial charge is 0.278 e. The second-order valence-electron chi connectivity index (χ2n) is 7.33. The lowest BCUT2D eigenvalue weighted by Crippen LogP contribution is -2.31. The molecule has 9 heteroatoms. The quantitative estimate of drug-likeness (QED) is 0.314. The molecule has 1 aliphatic heterocycles. The molecule has 7 nitrogen and oxygen atoms in total. The molecule has 0 spiro atoms. The van der Waals surface area contributed by atoms with E-state index < -0.39 is 36.8 Å². The minimum atomic E-state index is -1.76. The second kappa shape index (κ2) is 11.0. The molecule has 162 valence electrons. The van der Waals surface area contributed by atoms with Crippen molar-refractivity contribution >= 4 is 11.8 Å². The molecule has 2 heterocycles. The van der Waals surface area contributed by atoms with Crippen molar-refractivity contribution in [3.05, 3.63) is 45.4 Å². The van der Waals surface area contributed by atoms with Crippen molar-refractivity contribution in [1.29, 1.82) is 0 Å². The average Bonchev–Trinajstić information content (AvgIpc) is 2.96. The van der Waals surface area contributed by atoms with Crippen LogP contribution in [0, 0.1) is 0 Å². The van der Waals surface area contributed by atoms with Crippen LogP contribution in [0.2, 0.25) is 0 Å². The van der Waals surface area contributed by atoms with Crippen molar-refractivity contribution in [3.8, 4) is 0 Å². The van der Waals surface area contributed by atoms with E-state index in [1.54, 1.807) is 0 Å². The van der Waals surface area contributed by atoms with Crippen LogP contribution in [0.5, 0.6) is 0 Å². The average molecular weight is 428 g/mol. The Morgan fingerprint density at radius 2 is 2.14 bits per heavy atom. The van der Waals surface area contributed by atoms with Gasteiger partial charge in [-0.05, 0) is 33.6 Å². The zero-order valence-corrected chi connectivity index (χ0v) is 17.9. The molecule has 0 radical (unpaired) electrons. The predicted octanol–water partition coefficient (Wildman–Crippen LogP) is 2.08. The summed E-state index contributed by atoms with van der Waals surface area (Å²) >= 11 is 1.28. The molecule has 1 fully saturated rings. The van der Waals surface area contributed by atoms with E-state index in [0.29, 0.717) is 5.75 Å². The molecule has 29 heavy (non-hydrogen) atoms. The number of aliphatic hydroxyl groups excluding tert-OH is 2. The van der Waals surface area contributed by atoms with E-state index in [2.05, 4.69) is 24.9 Å². The molecule has 1 saturated heterocycles. The Morgan fingerprint density at radius 3 is 2.72 bits per heavy atom. The van der Waals surface area contributed by atoms with Crippen LogP contribution in [0.15, 0.2) is 39.4 Å². The van der Waals surface area contributed by atoms with Gasteiger partial charge in [0.15, 0.2) is 17.6 Å². The first-order valence-electron chi connectivity index (χ1n) is 9.60. The van der Waals surface area contributed by atoms with Gasteiger partial charge >= 0.3 is 0 Å². The Balaban J connectivity index is 2.20. The summed E-state index contributed by atoms with van der Waals surface area (Å²) in [6, 6.07) is 0. The van der Waals surface area contributed by atoms with Gasteiger partial charge in [0, 0.05) is 24.1 Å². The number of hydrogen-bond acceptors (Lipinski definition) is 7. The third-order valence-electron chi connectivity index (χ3n) is 4.69. The van der Waals surface area contributed by atoms with Crippen LogP contribution in [0.1, 0.15) is 45.4 Å². The second-order valence-corrected chi connectivity index (χ2v) is 8.32. The van der Waals surface area contributed by atoms with Gasteiger partial charge in [-0.2, -0.15) is 4.98 Å². The van der Waals surface area contributed by atoms with Gasteiger partial charge < -0.3 is 20.7 Å². The number of thioether (sulfide) groups is 1. The molecule has 1 aliphatic rings. The Bertz CT molecular complexity index is 807. The third-order valence-corrected chi connectivity index (χ3v) is 5.58. The fourth-order valence-electron chi connectivity index (χ4n) is 2.95. The van der Waals surface area contributed by atoms with Crippen LogP contribution >= 0.6 is 11.8 Å². The number of alkyl halides is 1. The number of aromatic nitrogens is 2. The number of aliphatic hydroxyl groups is 2. The van der Waals surface area contributed by atoms with Gasteiger partial charge in [-0.15, -0.1) is 0 Å². The van der Waals surface area contributed by atoms with E-state index in [1.807, 2.05) is 13.0 Å². The Kier molecular flexibility index (Phi) is 9.04. The summed E-state index contributed by atoms with van der Waals surface area (Å²) in [5, 5.41) is 19.5. The van der Waals surface area contributed by atoms with Gasteiger partial charge in [-0.3, -0.25) is 9.36 Å². The highest BCUT2D eigenvalue weighted by molar-refractivity contribution is 7.99. The van der Waals surface area contributed by atoms with Gasteiger partial charge in [0.1, 0.15) is 12.2 Å². The zero-order valence-electron chi connectivity index (χ0n) is 17.0. The summed E-state index contributed by atoms with van der Waals surface area (Å²) in [5.41, 5.74) is 7.83. The highest BCUT2D eigenvalue weighted by atomic mass is 32.2. The van der Waals surface area contributed by atoms with Crippen molar-refractivity contribution in [2.45, 2.75) is 69.9 Å². The number of nitrogens with two attached hydrogens (primary N) is 1. The molecule has 4 N–H and O–H groups in total. The lowest BCUT2D eigenvalue weighted by Gasteiger charge is -2.20. The summed E-state index contributed by atoms with van der Waals surface area (Å²) in [6.07, 6.45) is 2.10. The number of nitrogens with zero attached hydrogens (tertiary/aromatic N) is 2. The maximum atomic E-state index is 14.6. The molecule has 4 atom stereocenters. The van der Waals surface area contributed by atoms with Gasteiger partial charge in [0.2, 0.25) is 0 Å². The fourth-order valence-corrected chi connectivity index (χ4v) is 3.92. The van der Waals surface area contributed by atoms with Crippen molar-refractivity contribution < 1.29 is 19.3 Å². The highest BCUT2D eigenvalue weighted by Gasteiger charge is 2.45. The summed E-state index contributed by atoms with van der Waals surface area (Å²) in [6.45, 7) is 5.61. The van der Waals surface area contributed by atoms with Crippen LogP contribution in [-0.2, 0) is 11.3 Å². The number of hydrogen-bond donors (Lipinski definition) is 3. The molecule has 1 aromatic heterocycles. The Morgan fingerprint density at radius 1 is 1.41 bits per heavy atom. The summed E-state index contributed by atoms with van der Waals surface area (Å²) < 4.78 is 21.5. The molecule has 0 aromatic carbocycles. The Labute approximate surface area is 174 Å². The number of ether oxygens (including phenoxy) is 1. The van der Waals surface area contributed by atoms with Gasteiger partial charge in [0.25, 0.3) is 5.56 Å². The van der Waals surface area contributed by atoms with Crippen LogP contribution in [0.3, 0.4) is 0 Å². The van der Waals surface area contributed by atoms with Crippen molar-refractivity contribution in [1.82, 2.24) is 9.55 Å². The molecule has 1 aromatic rings. The molecule has 0 amide bonds. The standard InChI is InChI=1S/C20H30FN3O4S/c1-12(2)5-4-6-13(3)7-8-29-20-23-18(27)14(9-22)10-24(20)19-16(21)17(26)15(11-25)28-19/h5,7,10,15-17,19,25-26H,4,6,8-9,11,22H2,1-3H3/b13-7+/t15-,16+,17?,19-/m1/s1. The van der Waals surface area contributed by atoms with Crippen LogP contribution in [0.25, 0.3) is 0 Å². The monoisotopic (exact) mass is 427 g/mol. The van der Waals surface area contributed by atoms with Crippen molar-refractivity contribution in [2.24, 2.45) is 5.73 Å². The summed E-state index contributed by atoms with van der Waals surface area (Å²) in [7, 11) is 0. The van der Waals surface area contributed by atoms with Crippen LogP contribution < -0.4 is 11.3 Å².